The summed E-state index contributed by atoms with van der Waals surface area (Å²) in [4.78, 5) is 41.3. The zero-order valence-corrected chi connectivity index (χ0v) is 28.2. The van der Waals surface area contributed by atoms with Gasteiger partial charge in [0.2, 0.25) is 5.91 Å². The van der Waals surface area contributed by atoms with E-state index >= 15 is 4.39 Å². The number of rotatable bonds is 10. The number of halogens is 1. The van der Waals surface area contributed by atoms with Crippen molar-refractivity contribution < 1.29 is 48.7 Å². The van der Waals surface area contributed by atoms with Gasteiger partial charge in [-0.25, -0.2) is 4.39 Å². The number of ether oxygens (including phenoxy) is 2. The molecule has 0 aromatic heterocycles. The summed E-state index contributed by atoms with van der Waals surface area (Å²) in [5.74, 6) is -5.95. The number of benzene rings is 1. The third kappa shape index (κ3) is 6.46. The van der Waals surface area contributed by atoms with E-state index in [1.54, 1.807) is 18.2 Å². The van der Waals surface area contributed by atoms with Crippen LogP contribution in [0.3, 0.4) is 0 Å². The molecule has 0 radical (unpaired) electrons. The number of fused-ring (bicyclic) bond motifs is 1. The number of carbonyl (C=O) groups is 3. The van der Waals surface area contributed by atoms with Gasteiger partial charge in [-0.2, -0.15) is 0 Å². The first-order valence-corrected chi connectivity index (χ1v) is 15.4. The average Bonchev–Trinajstić information content (AvgIpc) is 3.04. The molecule has 0 saturated carbocycles. The van der Waals surface area contributed by atoms with Crippen molar-refractivity contribution >= 4 is 41.6 Å². The maximum Gasteiger partial charge on any atom is 0.282 e. The van der Waals surface area contributed by atoms with Crippen LogP contribution in [0.1, 0.15) is 50.0 Å². The Morgan fingerprint density at radius 2 is 1.77 bits per heavy atom. The molecule has 5 N–H and O–H groups in total. The average molecular weight is 653 g/mol. The minimum Gasteiger partial charge on any atom is -0.489 e. The standard InChI is InChI=1S/C31H43B3FN3O9/c1-26(2)15-37(16-27(3,4)47-26)13-19-9-6-8-18(12-21(19)35)14-46-22-11-7-10-20-23(22)30(43,44)38(24(20)40)29(33,25(41)36-5)31(34,45)28(32,42)17-39/h6-11,17,42-45H,12-16,32-34H2,1-5H3,(H,36,41). The first-order chi connectivity index (χ1) is 21.5. The van der Waals surface area contributed by atoms with Gasteiger partial charge in [0.25, 0.3) is 11.8 Å². The Morgan fingerprint density at radius 1 is 1.15 bits per heavy atom. The molecule has 1 aromatic carbocycles. The lowest BCUT2D eigenvalue weighted by molar-refractivity contribution is -0.277. The fourth-order valence-corrected chi connectivity index (χ4v) is 6.92. The lowest BCUT2D eigenvalue weighted by Crippen LogP contribution is -2.81. The first kappa shape index (κ1) is 36.6. The molecule has 0 spiro atoms. The highest BCUT2D eigenvalue weighted by molar-refractivity contribution is 6.42. The van der Waals surface area contributed by atoms with Crippen LogP contribution in [0.2, 0.25) is 0 Å². The Hall–Kier alpha value is -3.27. The van der Waals surface area contributed by atoms with Crippen LogP contribution in [-0.4, -0.2) is 133 Å². The molecule has 1 aromatic rings. The van der Waals surface area contributed by atoms with E-state index in [-0.39, 0.29) is 36.5 Å². The number of aliphatic hydroxyl groups is 4. The molecule has 12 nitrogen and oxygen atoms in total. The molecule has 0 bridgehead atoms. The summed E-state index contributed by atoms with van der Waals surface area (Å²) in [7, 11) is 4.05. The highest BCUT2D eigenvalue weighted by Crippen LogP contribution is 2.47. The predicted molar refractivity (Wildman–Crippen MR) is 178 cm³/mol. The zero-order valence-electron chi connectivity index (χ0n) is 28.2. The molecule has 1 aliphatic carbocycles. The van der Waals surface area contributed by atoms with Gasteiger partial charge in [0, 0.05) is 33.1 Å². The van der Waals surface area contributed by atoms with E-state index in [2.05, 4.69) is 10.2 Å². The van der Waals surface area contributed by atoms with Gasteiger partial charge in [-0.05, 0) is 51.0 Å². The van der Waals surface area contributed by atoms with Gasteiger partial charge in [0.15, 0.2) is 15.7 Å². The van der Waals surface area contributed by atoms with Crippen molar-refractivity contribution in [2.75, 3.05) is 33.3 Å². The van der Waals surface area contributed by atoms with Crippen molar-refractivity contribution in [2.45, 2.75) is 67.7 Å². The summed E-state index contributed by atoms with van der Waals surface area (Å²) in [6.07, 6.45) is 5.05. The summed E-state index contributed by atoms with van der Waals surface area (Å²) in [5.41, 5.74) is -8.43. The number of nitrogens with one attached hydrogen (secondary N) is 1. The van der Waals surface area contributed by atoms with Crippen molar-refractivity contribution in [1.82, 2.24) is 15.1 Å². The van der Waals surface area contributed by atoms with E-state index in [1.165, 1.54) is 25.2 Å². The Labute approximate surface area is 276 Å². The van der Waals surface area contributed by atoms with Gasteiger partial charge in [-0.3, -0.25) is 19.4 Å². The number of allylic oxidation sites excluding steroid dienone is 3. The van der Waals surface area contributed by atoms with Crippen molar-refractivity contribution in [2.24, 2.45) is 0 Å². The molecule has 16 heteroatoms. The molecule has 1 saturated heterocycles. The summed E-state index contributed by atoms with van der Waals surface area (Å²) in [6.45, 7) is 9.46. The second-order valence-electron chi connectivity index (χ2n) is 14.3. The second-order valence-corrected chi connectivity index (χ2v) is 14.3. The number of amides is 2. The van der Waals surface area contributed by atoms with Gasteiger partial charge in [0.1, 0.15) is 43.3 Å². The molecule has 2 heterocycles. The highest BCUT2D eigenvalue weighted by Gasteiger charge is 2.68. The van der Waals surface area contributed by atoms with Gasteiger partial charge >= 0.3 is 0 Å². The van der Waals surface area contributed by atoms with E-state index in [1.807, 2.05) is 27.7 Å². The Balaban J connectivity index is 1.60. The van der Waals surface area contributed by atoms with Gasteiger partial charge < -0.3 is 40.0 Å². The number of morpholine rings is 1. The van der Waals surface area contributed by atoms with E-state index in [4.69, 9.17) is 9.47 Å². The van der Waals surface area contributed by atoms with Gasteiger partial charge in [-0.15, -0.1) is 0 Å². The van der Waals surface area contributed by atoms with Crippen LogP contribution in [-0.2, 0) is 20.2 Å². The van der Waals surface area contributed by atoms with Crippen molar-refractivity contribution in [1.29, 1.82) is 0 Å². The molecule has 3 aliphatic rings. The number of aldehydes is 1. The normalized spacial score (nSPS) is 24.3. The summed E-state index contributed by atoms with van der Waals surface area (Å²) in [5, 5.41) is 47.6. The molecule has 1 fully saturated rings. The van der Waals surface area contributed by atoms with Crippen LogP contribution in [0.25, 0.3) is 0 Å². The fourth-order valence-electron chi connectivity index (χ4n) is 6.92. The molecule has 47 heavy (non-hydrogen) atoms. The minimum absolute atomic E-state index is 0.0107. The lowest BCUT2D eigenvalue weighted by Gasteiger charge is -2.54. The van der Waals surface area contributed by atoms with Crippen molar-refractivity contribution in [3.05, 3.63) is 64.5 Å². The van der Waals surface area contributed by atoms with Crippen LogP contribution in [0.4, 0.5) is 4.39 Å². The van der Waals surface area contributed by atoms with Crippen LogP contribution in [0.15, 0.2) is 53.4 Å². The Morgan fingerprint density at radius 3 is 2.34 bits per heavy atom. The lowest BCUT2D eigenvalue weighted by atomic mass is 9.45. The Kier molecular flexibility index (Phi) is 9.58. The summed E-state index contributed by atoms with van der Waals surface area (Å²) < 4.78 is 27.7. The smallest absolute Gasteiger partial charge is 0.282 e. The van der Waals surface area contributed by atoms with Gasteiger partial charge in [0.05, 0.1) is 27.8 Å². The molecular formula is C31H43B3FN3O9. The van der Waals surface area contributed by atoms with Crippen LogP contribution < -0.4 is 10.1 Å². The van der Waals surface area contributed by atoms with Crippen molar-refractivity contribution in [3.63, 3.8) is 0 Å². The summed E-state index contributed by atoms with van der Waals surface area (Å²) in [6, 6.07) is 4.08. The molecule has 252 valence electrons. The molecule has 2 aliphatic heterocycles. The SMILES string of the molecule is BC(O)(C=O)C(B)(O)C(B)(C(=O)NC)N1C(=O)c2cccc(OCC3=CC=CC(CN4CC(C)(C)OC(C)(C)C4)=C(F)C3)c2C1(O)O. The van der Waals surface area contributed by atoms with Gasteiger partial charge in [-0.1, -0.05) is 24.3 Å². The molecule has 2 amide bonds. The van der Waals surface area contributed by atoms with E-state index in [9.17, 15) is 34.8 Å². The van der Waals surface area contributed by atoms with Crippen LogP contribution in [0, 0.1) is 0 Å². The molecular weight excluding hydrogens is 610 g/mol. The topological polar surface area (TPSA) is 169 Å². The van der Waals surface area contributed by atoms with Crippen LogP contribution in [0.5, 0.6) is 5.75 Å². The van der Waals surface area contributed by atoms with E-state index in [0.29, 0.717) is 35.7 Å². The predicted octanol–water partition coefficient (Wildman–Crippen LogP) is -2.47. The number of hydrogen-bond donors (Lipinski definition) is 5. The quantitative estimate of drug-likeness (QED) is 0.104. The largest absolute Gasteiger partial charge is 0.489 e. The number of nitrogens with zero attached hydrogens (tertiary/aromatic N) is 2. The molecule has 4 rings (SSSR count). The summed E-state index contributed by atoms with van der Waals surface area (Å²) >= 11 is 0. The maximum atomic E-state index is 15.6. The number of carbonyl (C=O) groups excluding carboxylic acids is 3. The monoisotopic (exact) mass is 653 g/mol. The van der Waals surface area contributed by atoms with Crippen molar-refractivity contribution in [3.8, 4) is 5.75 Å². The highest BCUT2D eigenvalue weighted by atomic mass is 19.1. The second kappa shape index (κ2) is 12.3. The van der Waals surface area contributed by atoms with E-state index in [0.717, 1.165) is 23.5 Å². The first-order valence-electron chi connectivity index (χ1n) is 15.4. The zero-order chi connectivity index (χ0) is 35.4. The fraction of sp³-hybridized carbons (Fsp3) is 0.516. The maximum absolute atomic E-state index is 15.6. The Bertz CT molecular complexity index is 1540. The minimum atomic E-state index is -3.26. The third-order valence-electron chi connectivity index (χ3n) is 9.31. The number of hydrogen-bond acceptors (Lipinski definition) is 10. The molecule has 3 atom stereocenters. The van der Waals surface area contributed by atoms with Crippen LogP contribution >= 0.6 is 0 Å². The molecule has 3 unspecified atom stereocenters. The third-order valence-corrected chi connectivity index (χ3v) is 9.31. The number of likely N-dealkylation sites (N-methyl/N-ethyl adjacent to an activating group) is 1. The van der Waals surface area contributed by atoms with E-state index < -0.39 is 50.9 Å².